The molecule has 9 heteroatoms. The third kappa shape index (κ3) is 8.40. The molecule has 0 radical (unpaired) electrons. The van der Waals surface area contributed by atoms with Crippen molar-refractivity contribution in [2.45, 2.75) is 12.8 Å². The molecule has 2 amide bonds. The smallest absolute Gasteiger partial charge is 0.416 e. The average Bonchev–Trinajstić information content (AvgIpc) is 2.96. The van der Waals surface area contributed by atoms with Crippen LogP contribution < -0.4 is 5.32 Å². The number of allylic oxidation sites excluding steroid dienone is 4. The molecule has 9 nitrogen and oxygen atoms in total. The molecular formula is C32H27NO8. The first-order valence-corrected chi connectivity index (χ1v) is 12.9. The molecule has 0 saturated heterocycles. The van der Waals surface area contributed by atoms with Crippen LogP contribution in [0.15, 0.2) is 108 Å². The van der Waals surface area contributed by atoms with Crippen LogP contribution in [-0.2, 0) is 41.5 Å². The Morgan fingerprint density at radius 2 is 1.00 bits per heavy atom. The number of alkyl carbamates (subject to hydrolysis) is 2. The number of hydrogen-bond donors (Lipinski definition) is 1. The molecule has 2 atom stereocenters. The highest BCUT2D eigenvalue weighted by Crippen LogP contribution is 2.22. The second-order valence-electron chi connectivity index (χ2n) is 9.43. The van der Waals surface area contributed by atoms with Gasteiger partial charge in [-0.05, 0) is 35.4 Å². The van der Waals surface area contributed by atoms with Crippen LogP contribution >= 0.6 is 0 Å². The highest BCUT2D eigenvalue weighted by Gasteiger charge is 2.26. The number of ketones is 4. The van der Waals surface area contributed by atoms with Gasteiger partial charge in [-0.1, -0.05) is 72.8 Å². The minimum Gasteiger partial charge on any atom is -0.448 e. The van der Waals surface area contributed by atoms with Crippen LogP contribution in [0.2, 0.25) is 0 Å². The molecular weight excluding hydrogens is 526 g/mol. The number of ether oxygens (including phenoxy) is 2. The molecule has 0 fully saturated rings. The average molecular weight is 554 g/mol. The van der Waals surface area contributed by atoms with E-state index in [0.29, 0.717) is 0 Å². The van der Waals surface area contributed by atoms with E-state index in [0.717, 1.165) is 11.1 Å². The van der Waals surface area contributed by atoms with Crippen molar-refractivity contribution in [1.29, 1.82) is 0 Å². The van der Waals surface area contributed by atoms with Gasteiger partial charge in [-0.3, -0.25) is 19.2 Å². The Kier molecular flexibility index (Phi) is 9.66. The normalized spacial score (nSPS) is 17.8. The zero-order valence-electron chi connectivity index (χ0n) is 22.0. The van der Waals surface area contributed by atoms with Crippen molar-refractivity contribution >= 4 is 35.3 Å². The first kappa shape index (κ1) is 28.8. The Morgan fingerprint density at radius 1 is 0.610 bits per heavy atom. The molecule has 41 heavy (non-hydrogen) atoms. The summed E-state index contributed by atoms with van der Waals surface area (Å²) in [5, 5.41) is 1.93. The first-order valence-electron chi connectivity index (χ1n) is 12.9. The molecule has 2 unspecified atom stereocenters. The maximum Gasteiger partial charge on any atom is 0.416 e. The van der Waals surface area contributed by atoms with Gasteiger partial charge in [-0.25, -0.2) is 14.9 Å². The van der Waals surface area contributed by atoms with Crippen molar-refractivity contribution in [2.24, 2.45) is 11.8 Å². The van der Waals surface area contributed by atoms with Gasteiger partial charge in [0, 0.05) is 35.8 Å². The summed E-state index contributed by atoms with van der Waals surface area (Å²) < 4.78 is 10.2. The van der Waals surface area contributed by atoms with Crippen LogP contribution in [0.4, 0.5) is 9.59 Å². The Bertz CT molecular complexity index is 1360. The van der Waals surface area contributed by atoms with Crippen molar-refractivity contribution in [2.75, 3.05) is 13.2 Å². The van der Waals surface area contributed by atoms with Gasteiger partial charge in [-0.2, -0.15) is 0 Å². The quantitative estimate of drug-likeness (QED) is 0.469. The van der Waals surface area contributed by atoms with Crippen LogP contribution in [0.3, 0.4) is 0 Å². The largest absolute Gasteiger partial charge is 0.448 e. The summed E-state index contributed by atoms with van der Waals surface area (Å²) in [6.45, 7) is -0.576. The maximum absolute atomic E-state index is 12.8. The number of Topliss-reactive ketones (excluding diaryl/α,β-unsaturated/α-hetero) is 2. The fourth-order valence-electron chi connectivity index (χ4n) is 4.36. The monoisotopic (exact) mass is 553 g/mol. The molecule has 208 valence electrons. The van der Waals surface area contributed by atoms with Gasteiger partial charge in [0.05, 0.1) is 0 Å². The Labute approximate surface area is 236 Å². The number of hydrogen-bond acceptors (Lipinski definition) is 8. The van der Waals surface area contributed by atoms with Gasteiger partial charge in [0.1, 0.15) is 13.2 Å². The van der Waals surface area contributed by atoms with E-state index < -0.39 is 24.0 Å². The van der Waals surface area contributed by atoms with Crippen molar-refractivity contribution in [3.05, 3.63) is 119 Å². The predicted octanol–water partition coefficient (Wildman–Crippen LogP) is 3.84. The van der Waals surface area contributed by atoms with E-state index >= 15 is 0 Å². The van der Waals surface area contributed by atoms with Crippen molar-refractivity contribution in [1.82, 2.24) is 5.32 Å². The highest BCUT2D eigenvalue weighted by atomic mass is 16.6. The molecule has 2 aromatic rings. The Balaban J connectivity index is 1.27. The molecule has 2 aromatic carbocycles. The lowest BCUT2D eigenvalue weighted by Crippen LogP contribution is -2.35. The second-order valence-corrected chi connectivity index (χ2v) is 9.43. The summed E-state index contributed by atoms with van der Waals surface area (Å²) in [7, 11) is 0. The highest BCUT2D eigenvalue weighted by molar-refractivity contribution is 6.10. The van der Waals surface area contributed by atoms with Gasteiger partial charge in [0.15, 0.2) is 23.1 Å². The van der Waals surface area contributed by atoms with Gasteiger partial charge in [0.25, 0.3) is 0 Å². The van der Waals surface area contributed by atoms with Crippen molar-refractivity contribution < 1.29 is 38.2 Å². The summed E-state index contributed by atoms with van der Waals surface area (Å²) >= 11 is 0. The minimum absolute atomic E-state index is 0.0777. The Hall–Kier alpha value is -5.18. The molecule has 0 aromatic heterocycles. The first-order chi connectivity index (χ1) is 19.8. The van der Waals surface area contributed by atoms with E-state index in [1.54, 1.807) is 48.5 Å². The van der Waals surface area contributed by atoms with Crippen LogP contribution in [0.25, 0.3) is 0 Å². The zero-order valence-corrected chi connectivity index (χ0v) is 22.0. The summed E-state index contributed by atoms with van der Waals surface area (Å²) in [5.41, 5.74) is 1.96. The molecule has 1 N–H and O–H groups in total. The molecule has 0 spiro atoms. The number of amides is 2. The SMILES string of the molecule is O=C1C=CC(COC(=O)NC(=O)OCC2C=CC(=O)C=C2C(=O)Cc2ccccc2)C(C(=O)Cc2ccccc2)=C1. The predicted molar refractivity (Wildman–Crippen MR) is 148 cm³/mol. The third-order valence-electron chi connectivity index (χ3n) is 6.43. The molecule has 4 rings (SSSR count). The summed E-state index contributed by atoms with van der Waals surface area (Å²) in [5.74, 6) is -2.60. The van der Waals surface area contributed by atoms with E-state index in [-0.39, 0.29) is 60.3 Å². The molecule has 0 aliphatic heterocycles. The Morgan fingerprint density at radius 3 is 1.39 bits per heavy atom. The van der Waals surface area contributed by atoms with Gasteiger partial charge in [-0.15, -0.1) is 0 Å². The lowest BCUT2D eigenvalue weighted by molar-refractivity contribution is -0.116. The van der Waals surface area contributed by atoms with E-state index in [4.69, 9.17) is 9.47 Å². The number of rotatable bonds is 10. The fourth-order valence-corrected chi connectivity index (χ4v) is 4.36. The topological polar surface area (TPSA) is 133 Å². The van der Waals surface area contributed by atoms with Crippen LogP contribution in [0.1, 0.15) is 11.1 Å². The number of imide groups is 1. The van der Waals surface area contributed by atoms with Crippen LogP contribution in [0.5, 0.6) is 0 Å². The summed E-state index contributed by atoms with van der Waals surface area (Å²) in [4.78, 5) is 73.9. The van der Waals surface area contributed by atoms with E-state index in [1.165, 1.54) is 36.5 Å². The summed E-state index contributed by atoms with van der Waals surface area (Å²) in [6.07, 6.45) is 5.89. The van der Waals surface area contributed by atoms with E-state index in [1.807, 2.05) is 17.4 Å². The fraction of sp³-hybridized carbons (Fsp3) is 0.188. The zero-order chi connectivity index (χ0) is 29.2. The van der Waals surface area contributed by atoms with E-state index in [9.17, 15) is 28.8 Å². The van der Waals surface area contributed by atoms with Crippen LogP contribution in [-0.4, -0.2) is 48.5 Å². The maximum atomic E-state index is 12.8. The van der Waals surface area contributed by atoms with Gasteiger partial charge < -0.3 is 9.47 Å². The lowest BCUT2D eigenvalue weighted by Gasteiger charge is -2.20. The molecule has 0 saturated carbocycles. The number of nitrogens with one attached hydrogen (secondary N) is 1. The van der Waals surface area contributed by atoms with Gasteiger partial charge >= 0.3 is 12.2 Å². The number of carbonyl (C=O) groups excluding carboxylic acids is 6. The molecule has 0 bridgehead atoms. The third-order valence-corrected chi connectivity index (χ3v) is 6.43. The van der Waals surface area contributed by atoms with Crippen molar-refractivity contribution in [3.63, 3.8) is 0 Å². The minimum atomic E-state index is -1.11. The second kappa shape index (κ2) is 13.7. The lowest BCUT2D eigenvalue weighted by atomic mass is 9.88. The molecule has 2 aliphatic rings. The van der Waals surface area contributed by atoms with Gasteiger partial charge in [0.2, 0.25) is 0 Å². The van der Waals surface area contributed by atoms with E-state index in [2.05, 4.69) is 0 Å². The van der Waals surface area contributed by atoms with Crippen LogP contribution in [0, 0.1) is 11.8 Å². The number of benzene rings is 2. The molecule has 0 heterocycles. The summed E-state index contributed by atoms with van der Waals surface area (Å²) in [6, 6.07) is 18.0. The molecule has 2 aliphatic carbocycles. The number of carbonyl (C=O) groups is 6. The van der Waals surface area contributed by atoms with Crippen molar-refractivity contribution in [3.8, 4) is 0 Å². The standard InChI is InChI=1S/C32H27NO8/c34-25-13-11-23(27(17-25)29(36)15-21-7-3-1-4-8-21)19-40-31(38)33-32(39)41-20-24-12-14-26(35)18-28(24)30(37)16-22-9-5-2-6-10-22/h1-14,17-18,23-24H,15-16,19-20H2,(H,33,38,39).